The lowest BCUT2D eigenvalue weighted by molar-refractivity contribution is 0.102. The van der Waals surface area contributed by atoms with Gasteiger partial charge < -0.3 is 20.9 Å². The Morgan fingerprint density at radius 3 is 2.62 bits per heavy atom. The molecule has 0 bridgehead atoms. The molecule has 1 saturated carbocycles. The number of anilines is 4. The number of benzene rings is 2. The van der Waals surface area contributed by atoms with E-state index in [1.165, 1.54) is 0 Å². The number of likely N-dealkylation sites (N-methyl/N-ethyl adjacent to an activating group) is 1. The van der Waals surface area contributed by atoms with Gasteiger partial charge in [-0.1, -0.05) is 12.1 Å². The van der Waals surface area contributed by atoms with Gasteiger partial charge in [0.25, 0.3) is 5.91 Å². The van der Waals surface area contributed by atoms with E-state index in [2.05, 4.69) is 47.7 Å². The summed E-state index contributed by atoms with van der Waals surface area (Å²) in [4.78, 5) is 31.0. The van der Waals surface area contributed by atoms with Crippen LogP contribution in [0.2, 0.25) is 0 Å². The zero-order valence-corrected chi connectivity index (χ0v) is 24.0. The summed E-state index contributed by atoms with van der Waals surface area (Å²) in [6, 6.07) is 13.3. The molecule has 0 atom stereocenters. The largest absolute Gasteiger partial charge is 0.367 e. The first-order chi connectivity index (χ1) is 20.4. The van der Waals surface area contributed by atoms with E-state index < -0.39 is 6.67 Å². The van der Waals surface area contributed by atoms with E-state index in [0.29, 0.717) is 41.2 Å². The molecule has 42 heavy (non-hydrogen) atoms. The molecule has 2 aromatic carbocycles. The molecule has 1 saturated heterocycles. The Morgan fingerprint density at radius 1 is 1.00 bits per heavy atom. The zero-order valence-electron chi connectivity index (χ0n) is 24.0. The molecule has 6 rings (SSSR count). The molecule has 218 valence electrons. The molecule has 2 aliphatic rings. The van der Waals surface area contributed by atoms with E-state index in [1.54, 1.807) is 24.7 Å². The average Bonchev–Trinajstić information content (AvgIpc) is 3.69. The van der Waals surface area contributed by atoms with Crippen LogP contribution < -0.4 is 16.0 Å². The molecule has 3 heterocycles. The highest BCUT2D eigenvalue weighted by Crippen LogP contribution is 2.27. The number of carbonyl (C=O) groups excluding carboxylic acids is 1. The topological polar surface area (TPSA) is 103 Å². The van der Waals surface area contributed by atoms with Crippen molar-refractivity contribution < 1.29 is 9.18 Å². The third-order valence-electron chi connectivity index (χ3n) is 7.81. The first-order valence-corrected chi connectivity index (χ1v) is 14.3. The molecule has 1 aliphatic heterocycles. The van der Waals surface area contributed by atoms with Crippen molar-refractivity contribution in [1.29, 1.82) is 0 Å². The highest BCUT2D eigenvalue weighted by Gasteiger charge is 2.22. The summed E-state index contributed by atoms with van der Waals surface area (Å²) >= 11 is 0. The second-order valence-electron chi connectivity index (χ2n) is 11.1. The van der Waals surface area contributed by atoms with Crippen LogP contribution in [0.25, 0.3) is 5.82 Å². The van der Waals surface area contributed by atoms with Crippen LogP contribution in [-0.4, -0.2) is 74.5 Å². The number of alkyl halides is 1. The lowest BCUT2D eigenvalue weighted by atomic mass is 10.0. The van der Waals surface area contributed by atoms with Crippen molar-refractivity contribution in [2.24, 2.45) is 0 Å². The van der Waals surface area contributed by atoms with E-state index in [0.717, 1.165) is 61.7 Å². The number of piperazine rings is 1. The van der Waals surface area contributed by atoms with E-state index in [9.17, 15) is 9.18 Å². The van der Waals surface area contributed by atoms with Crippen LogP contribution in [-0.2, 0) is 13.2 Å². The Bertz CT molecular complexity index is 1560. The summed E-state index contributed by atoms with van der Waals surface area (Å²) in [6.45, 7) is 5.96. The number of nitrogens with zero attached hydrogens (tertiary/aromatic N) is 6. The van der Waals surface area contributed by atoms with Crippen molar-refractivity contribution in [2.75, 3.05) is 49.2 Å². The minimum atomic E-state index is -0.611. The lowest BCUT2D eigenvalue weighted by Gasteiger charge is -2.32. The summed E-state index contributed by atoms with van der Waals surface area (Å²) in [5, 5.41) is 9.74. The van der Waals surface area contributed by atoms with E-state index >= 15 is 0 Å². The predicted molar refractivity (Wildman–Crippen MR) is 162 cm³/mol. The van der Waals surface area contributed by atoms with Gasteiger partial charge in [0.05, 0.1) is 0 Å². The van der Waals surface area contributed by atoms with Crippen molar-refractivity contribution in [3.8, 4) is 5.82 Å². The number of aromatic nitrogens is 4. The van der Waals surface area contributed by atoms with Gasteiger partial charge in [-0.25, -0.2) is 19.3 Å². The molecule has 0 unspecified atom stereocenters. The van der Waals surface area contributed by atoms with Crippen molar-refractivity contribution in [2.45, 2.75) is 39.0 Å². The molecule has 0 spiro atoms. The summed E-state index contributed by atoms with van der Waals surface area (Å²) in [7, 11) is 2.11. The summed E-state index contributed by atoms with van der Waals surface area (Å²) < 4.78 is 15.9. The maximum absolute atomic E-state index is 14.0. The van der Waals surface area contributed by atoms with Gasteiger partial charge in [0, 0.05) is 74.2 Å². The molecule has 3 N–H and O–H groups in total. The minimum absolute atomic E-state index is 0.288. The lowest BCUT2D eigenvalue weighted by Crippen LogP contribution is -2.44. The van der Waals surface area contributed by atoms with Gasteiger partial charge >= 0.3 is 0 Å². The first-order valence-electron chi connectivity index (χ1n) is 14.3. The molecule has 0 radical (unpaired) electrons. The monoisotopic (exact) mass is 569 g/mol. The normalized spacial score (nSPS) is 15.9. The Hall–Kier alpha value is -4.35. The predicted octanol–water partition coefficient (Wildman–Crippen LogP) is 4.76. The third kappa shape index (κ3) is 6.58. The van der Waals surface area contributed by atoms with Crippen molar-refractivity contribution >= 4 is 29.0 Å². The number of hydrogen-bond donors (Lipinski definition) is 3. The summed E-state index contributed by atoms with van der Waals surface area (Å²) in [6.07, 6.45) is 7.39. The van der Waals surface area contributed by atoms with Crippen molar-refractivity contribution in [3.63, 3.8) is 0 Å². The average molecular weight is 570 g/mol. The van der Waals surface area contributed by atoms with E-state index in [4.69, 9.17) is 0 Å². The Morgan fingerprint density at radius 2 is 1.83 bits per heavy atom. The maximum Gasteiger partial charge on any atom is 0.255 e. The molecular weight excluding hydrogens is 533 g/mol. The number of nitrogens with one attached hydrogen (secondary N) is 3. The second kappa shape index (κ2) is 12.3. The van der Waals surface area contributed by atoms with Crippen LogP contribution >= 0.6 is 0 Å². The summed E-state index contributed by atoms with van der Waals surface area (Å²) in [5.41, 5.74) is 4.30. The van der Waals surface area contributed by atoms with Gasteiger partial charge in [-0.2, -0.15) is 0 Å². The van der Waals surface area contributed by atoms with Gasteiger partial charge in [-0.05, 0) is 67.8 Å². The first kappa shape index (κ1) is 27.8. The smallest absolute Gasteiger partial charge is 0.255 e. The molecule has 2 aromatic heterocycles. The second-order valence-corrected chi connectivity index (χ2v) is 11.1. The van der Waals surface area contributed by atoms with Crippen molar-refractivity contribution in [1.82, 2.24) is 29.3 Å². The summed E-state index contributed by atoms with van der Waals surface area (Å²) in [5.74, 6) is 1.77. The molecule has 2 fully saturated rings. The van der Waals surface area contributed by atoms with Crippen LogP contribution in [0, 0.1) is 6.92 Å². The molecule has 1 amide bonds. The number of carbonyl (C=O) groups is 1. The van der Waals surface area contributed by atoms with Crippen molar-refractivity contribution in [3.05, 3.63) is 83.4 Å². The number of imidazole rings is 1. The van der Waals surface area contributed by atoms with Crippen LogP contribution in [0.15, 0.2) is 61.2 Å². The van der Waals surface area contributed by atoms with Gasteiger partial charge in [0.15, 0.2) is 0 Å². The van der Waals surface area contributed by atoms with Crippen LogP contribution in [0.4, 0.5) is 27.5 Å². The molecule has 4 aromatic rings. The van der Waals surface area contributed by atoms with E-state index in [1.807, 2.05) is 48.0 Å². The standard InChI is InChI=1S/C31H36FN9O/c1-21-3-6-26(37-30(42)22-4-5-23(24(15-22)18-32)19-40-13-11-39(2)12-14-40)16-27(21)38-31-33-9-10-41(31)29-17-28(34-20-35-29)36-25-7-8-25/h3-6,9-10,15-17,20,25H,7-8,11-14,18-19H2,1-2H3,(H,33,38)(H,37,42)(H,34,35,36). The SMILES string of the molecule is Cc1ccc(NC(=O)c2ccc(CN3CCN(C)CC3)c(CF)c2)cc1Nc1nccn1-c1cc(NC2CC2)ncn1. The zero-order chi connectivity index (χ0) is 29.1. The molecule has 10 nitrogen and oxygen atoms in total. The van der Waals surface area contributed by atoms with Crippen LogP contribution in [0.5, 0.6) is 0 Å². The number of hydrogen-bond acceptors (Lipinski definition) is 8. The number of halogens is 1. The fourth-order valence-electron chi connectivity index (χ4n) is 5.03. The van der Waals surface area contributed by atoms with Gasteiger partial charge in [0.2, 0.25) is 5.95 Å². The number of aryl methyl sites for hydroxylation is 1. The molecule has 11 heteroatoms. The van der Waals surface area contributed by atoms with Crippen LogP contribution in [0.3, 0.4) is 0 Å². The fraction of sp³-hybridized carbons (Fsp3) is 0.355. The minimum Gasteiger partial charge on any atom is -0.367 e. The van der Waals surface area contributed by atoms with E-state index in [-0.39, 0.29) is 5.91 Å². The Labute approximate surface area is 245 Å². The highest BCUT2D eigenvalue weighted by molar-refractivity contribution is 6.04. The molecule has 1 aliphatic carbocycles. The third-order valence-corrected chi connectivity index (χ3v) is 7.81. The number of rotatable bonds is 10. The van der Waals surface area contributed by atoms with Gasteiger partial charge in [-0.3, -0.25) is 14.3 Å². The fourth-order valence-corrected chi connectivity index (χ4v) is 5.03. The maximum atomic E-state index is 14.0. The Balaban J connectivity index is 1.15. The molecular formula is C31H36FN9O. The number of amides is 1. The van der Waals surface area contributed by atoms with Crippen LogP contribution in [0.1, 0.15) is 39.9 Å². The highest BCUT2D eigenvalue weighted by atomic mass is 19.1. The Kier molecular flexibility index (Phi) is 8.11. The van der Waals surface area contributed by atoms with Gasteiger partial charge in [0.1, 0.15) is 24.6 Å². The van der Waals surface area contributed by atoms with Gasteiger partial charge in [-0.15, -0.1) is 0 Å². The quantitative estimate of drug-likeness (QED) is 0.251.